The third-order valence-corrected chi connectivity index (χ3v) is 7.35. The molecule has 0 radical (unpaired) electrons. The molecule has 0 unspecified atom stereocenters. The molecule has 0 spiro atoms. The number of nitrogens with two attached hydrogens (primary N) is 1. The lowest BCUT2D eigenvalue weighted by molar-refractivity contribution is 0.264. The van der Waals surface area contributed by atoms with Crippen LogP contribution >= 0.6 is 0 Å². The molecule has 4 rings (SSSR count). The van der Waals surface area contributed by atoms with Gasteiger partial charge in [-0.1, -0.05) is 53.7 Å². The Morgan fingerprint density at radius 2 is 1.85 bits per heavy atom. The van der Waals surface area contributed by atoms with E-state index in [2.05, 4.69) is 53.5 Å². The number of pyridine rings is 1. The number of rotatable bonds is 7. The molecule has 0 bridgehead atoms. The summed E-state index contributed by atoms with van der Waals surface area (Å²) in [4.78, 5) is 4.24. The van der Waals surface area contributed by atoms with Gasteiger partial charge in [-0.05, 0) is 48.2 Å². The van der Waals surface area contributed by atoms with Crippen LogP contribution in [0.15, 0.2) is 72.0 Å². The van der Waals surface area contributed by atoms with Crippen molar-refractivity contribution >= 4 is 15.9 Å². The molecular weight excluding hydrogens is 436 g/mol. The van der Waals surface area contributed by atoms with Gasteiger partial charge in [-0.15, -0.1) is 0 Å². The van der Waals surface area contributed by atoms with Crippen molar-refractivity contribution in [3.8, 4) is 0 Å². The first-order valence-electron chi connectivity index (χ1n) is 10.8. The van der Waals surface area contributed by atoms with Crippen molar-refractivity contribution < 1.29 is 13.6 Å². The lowest BCUT2D eigenvalue weighted by Gasteiger charge is -2.37. The molecule has 7 nitrogen and oxygen atoms in total. The average Bonchev–Trinajstić information content (AvgIpc) is 2.74. The lowest BCUT2D eigenvalue weighted by atomic mass is 9.82. The minimum absolute atomic E-state index is 0.0121. The van der Waals surface area contributed by atoms with Gasteiger partial charge in [0, 0.05) is 48.8 Å². The summed E-state index contributed by atoms with van der Waals surface area (Å²) < 4.78 is 24.2. The van der Waals surface area contributed by atoms with Crippen LogP contribution in [0.4, 0.5) is 0 Å². The average molecular weight is 465 g/mol. The number of hydrogen-bond acceptors (Lipinski definition) is 5. The third kappa shape index (κ3) is 5.13. The second-order valence-corrected chi connectivity index (χ2v) is 10.1. The Labute approximate surface area is 194 Å². The van der Waals surface area contributed by atoms with E-state index >= 15 is 0 Å². The Hall–Kier alpha value is -3.07. The molecule has 172 valence electrons. The van der Waals surface area contributed by atoms with Crippen LogP contribution in [0.5, 0.6) is 0 Å². The molecule has 1 saturated heterocycles. The zero-order chi connectivity index (χ0) is 23.6. The molecule has 3 N–H and O–H groups in total. The predicted octanol–water partition coefficient (Wildman–Crippen LogP) is 3.70. The first kappa shape index (κ1) is 23.1. The number of nitrogens with zero attached hydrogens (tertiary/aromatic N) is 3. The maximum Gasteiger partial charge on any atom is 0.276 e. The molecule has 0 amide bonds. The minimum Gasteiger partial charge on any atom is -0.411 e. The van der Waals surface area contributed by atoms with Crippen molar-refractivity contribution in [2.45, 2.75) is 32.1 Å². The summed E-state index contributed by atoms with van der Waals surface area (Å²) in [6.07, 6.45) is 2.24. The highest BCUT2D eigenvalue weighted by Crippen LogP contribution is 2.34. The van der Waals surface area contributed by atoms with Crippen molar-refractivity contribution in [1.82, 2.24) is 9.29 Å². The van der Waals surface area contributed by atoms with Gasteiger partial charge in [0.2, 0.25) is 0 Å². The van der Waals surface area contributed by atoms with E-state index in [1.807, 2.05) is 31.2 Å². The molecule has 33 heavy (non-hydrogen) atoms. The van der Waals surface area contributed by atoms with E-state index in [-0.39, 0.29) is 11.8 Å². The van der Waals surface area contributed by atoms with Crippen LogP contribution in [0.2, 0.25) is 0 Å². The van der Waals surface area contributed by atoms with Crippen LogP contribution in [-0.2, 0) is 10.2 Å². The highest BCUT2D eigenvalue weighted by atomic mass is 32.2. The maximum atomic E-state index is 11.5. The Morgan fingerprint density at radius 3 is 2.45 bits per heavy atom. The topological polar surface area (TPSA) is 109 Å². The summed E-state index contributed by atoms with van der Waals surface area (Å²) in [5.74, 6) is 0.130. The maximum absolute atomic E-state index is 11.5. The van der Waals surface area contributed by atoms with E-state index in [0.717, 1.165) is 27.9 Å². The smallest absolute Gasteiger partial charge is 0.276 e. The zero-order valence-electron chi connectivity index (χ0n) is 18.7. The Kier molecular flexibility index (Phi) is 6.60. The van der Waals surface area contributed by atoms with E-state index in [1.54, 1.807) is 6.20 Å². The van der Waals surface area contributed by atoms with Crippen molar-refractivity contribution in [1.29, 1.82) is 0 Å². The van der Waals surface area contributed by atoms with Crippen LogP contribution < -0.4 is 5.14 Å². The van der Waals surface area contributed by atoms with Gasteiger partial charge in [0.1, 0.15) is 0 Å². The van der Waals surface area contributed by atoms with Gasteiger partial charge in [0.15, 0.2) is 0 Å². The molecule has 1 aliphatic rings. The van der Waals surface area contributed by atoms with Crippen LogP contribution in [0.3, 0.4) is 0 Å². The normalized spacial score (nSPS) is 16.4. The van der Waals surface area contributed by atoms with E-state index in [0.29, 0.717) is 25.2 Å². The fraction of sp³-hybridized carbons (Fsp3) is 0.280. The van der Waals surface area contributed by atoms with Gasteiger partial charge in [0.05, 0.1) is 5.71 Å². The molecule has 1 atom stereocenters. The lowest BCUT2D eigenvalue weighted by Crippen LogP contribution is -2.51. The second-order valence-electron chi connectivity index (χ2n) is 8.57. The van der Waals surface area contributed by atoms with E-state index < -0.39 is 10.2 Å². The standard InChI is InChI=1S/C25H28N4O3S/c1-17-5-3-4-6-23(17)24(14-25(28-30)21-11-12-27-18(2)13-21)20-9-7-19(8-10-20)22-15-29(16-22)33(26,31)32/h3-13,22,24,30H,14-16H2,1-2H3,(H2,26,31,32)/t24-/m1/s1. The van der Waals surface area contributed by atoms with E-state index in [9.17, 15) is 13.6 Å². The Bertz CT molecular complexity index is 1270. The number of hydrogen-bond donors (Lipinski definition) is 2. The van der Waals surface area contributed by atoms with Crippen molar-refractivity contribution in [3.05, 3.63) is 100 Å². The van der Waals surface area contributed by atoms with Crippen LogP contribution in [-0.4, -0.2) is 41.7 Å². The van der Waals surface area contributed by atoms with Gasteiger partial charge >= 0.3 is 0 Å². The summed E-state index contributed by atoms with van der Waals surface area (Å²) in [7, 11) is -3.62. The van der Waals surface area contributed by atoms with Gasteiger partial charge in [-0.2, -0.15) is 12.7 Å². The second kappa shape index (κ2) is 9.43. The van der Waals surface area contributed by atoms with Gasteiger partial charge in [0.25, 0.3) is 10.2 Å². The molecule has 0 saturated carbocycles. The molecule has 1 aliphatic heterocycles. The quantitative estimate of drug-likeness (QED) is 0.316. The summed E-state index contributed by atoms with van der Waals surface area (Å²) in [5.41, 5.74) is 6.82. The van der Waals surface area contributed by atoms with E-state index in [1.165, 1.54) is 9.87 Å². The zero-order valence-corrected chi connectivity index (χ0v) is 19.5. The first-order chi connectivity index (χ1) is 15.8. The Balaban J connectivity index is 1.63. The number of aryl methyl sites for hydroxylation is 2. The molecular formula is C25H28N4O3S. The fourth-order valence-corrected chi connectivity index (χ4v) is 5.15. The third-order valence-electron chi connectivity index (χ3n) is 6.33. The monoisotopic (exact) mass is 464 g/mol. The van der Waals surface area contributed by atoms with Crippen LogP contribution in [0.25, 0.3) is 0 Å². The highest BCUT2D eigenvalue weighted by molar-refractivity contribution is 7.86. The summed E-state index contributed by atoms with van der Waals surface area (Å²) >= 11 is 0. The number of benzene rings is 2. The minimum atomic E-state index is -3.62. The highest BCUT2D eigenvalue weighted by Gasteiger charge is 2.34. The van der Waals surface area contributed by atoms with E-state index in [4.69, 9.17) is 5.14 Å². The molecule has 2 heterocycles. The van der Waals surface area contributed by atoms with Crippen molar-refractivity contribution in [3.63, 3.8) is 0 Å². The molecule has 8 heteroatoms. The summed E-state index contributed by atoms with van der Waals surface area (Å²) in [6.45, 7) is 4.80. The summed E-state index contributed by atoms with van der Waals surface area (Å²) in [5, 5.41) is 18.7. The number of aromatic nitrogens is 1. The van der Waals surface area contributed by atoms with Gasteiger partial charge in [-0.3, -0.25) is 4.98 Å². The van der Waals surface area contributed by atoms with Crippen molar-refractivity contribution in [2.75, 3.05) is 13.1 Å². The number of oxime groups is 1. The van der Waals surface area contributed by atoms with Crippen molar-refractivity contribution in [2.24, 2.45) is 10.3 Å². The first-order valence-corrected chi connectivity index (χ1v) is 12.3. The summed E-state index contributed by atoms with van der Waals surface area (Å²) in [6, 6.07) is 20.3. The molecule has 1 aromatic heterocycles. The van der Waals surface area contributed by atoms with Crippen LogP contribution in [0, 0.1) is 13.8 Å². The van der Waals surface area contributed by atoms with Gasteiger partial charge in [-0.25, -0.2) is 5.14 Å². The molecule has 0 aliphatic carbocycles. The largest absolute Gasteiger partial charge is 0.411 e. The molecule has 2 aromatic carbocycles. The fourth-order valence-electron chi connectivity index (χ4n) is 4.38. The SMILES string of the molecule is Cc1cc(C(C[C@H](c2ccc(C3CN(S(N)(=O)=O)C3)cc2)c2ccccc2C)=NO)ccn1. The molecule has 1 fully saturated rings. The van der Waals surface area contributed by atoms with Gasteiger partial charge < -0.3 is 5.21 Å². The Morgan fingerprint density at radius 1 is 1.15 bits per heavy atom. The van der Waals surface area contributed by atoms with Crippen LogP contribution in [0.1, 0.15) is 51.8 Å². The predicted molar refractivity (Wildman–Crippen MR) is 129 cm³/mol. The molecule has 3 aromatic rings.